The van der Waals surface area contributed by atoms with Crippen LogP contribution in [0, 0.1) is 11.6 Å². The maximum Gasteiger partial charge on any atom is 0.123 e. The summed E-state index contributed by atoms with van der Waals surface area (Å²) in [5.41, 5.74) is 12.8. The highest BCUT2D eigenvalue weighted by Gasteiger charge is 2.34. The van der Waals surface area contributed by atoms with Crippen molar-refractivity contribution in [3.63, 3.8) is 0 Å². The number of nitrogens with zero attached hydrogens (tertiary/aromatic N) is 2. The molecule has 0 spiro atoms. The summed E-state index contributed by atoms with van der Waals surface area (Å²) in [7, 11) is 0. The number of fused-ring (bicyclic) bond motifs is 14. The van der Waals surface area contributed by atoms with Gasteiger partial charge in [-0.1, -0.05) is 149 Å². The Hall–Kier alpha value is -7.12. The largest absolute Gasteiger partial charge is 0.307 e. The second kappa shape index (κ2) is 14.7. The van der Waals surface area contributed by atoms with Gasteiger partial charge in [-0.05, 0) is 82.6 Å². The molecule has 318 valence electrons. The van der Waals surface area contributed by atoms with Crippen LogP contribution in [0.4, 0.5) is 8.78 Å². The molecule has 13 rings (SSSR count). The minimum Gasteiger partial charge on any atom is -0.307 e. The number of thiophene rings is 2. The van der Waals surface area contributed by atoms with Crippen molar-refractivity contribution < 1.29 is 8.78 Å². The molecule has 9 aromatic carbocycles. The lowest BCUT2D eigenvalue weighted by Crippen LogP contribution is -2.15. The van der Waals surface area contributed by atoms with Gasteiger partial charge in [0.1, 0.15) is 11.6 Å². The molecule has 66 heavy (non-hydrogen) atoms. The molecule has 0 aliphatic heterocycles. The van der Waals surface area contributed by atoms with E-state index in [0.29, 0.717) is 0 Å². The van der Waals surface area contributed by atoms with Gasteiger partial charge in [0.25, 0.3) is 0 Å². The number of benzene rings is 9. The van der Waals surface area contributed by atoms with E-state index in [1.54, 1.807) is 24.3 Å². The summed E-state index contributed by atoms with van der Waals surface area (Å²) in [5.74, 6) is -0.590. The van der Waals surface area contributed by atoms with Crippen molar-refractivity contribution in [2.45, 2.75) is 39.5 Å². The Labute approximate surface area is 388 Å². The Bertz CT molecular complexity index is 4050. The lowest BCUT2D eigenvalue weighted by Gasteiger charge is -2.32. The summed E-state index contributed by atoms with van der Waals surface area (Å²) in [5, 5.41) is 9.61. The Morgan fingerprint density at radius 1 is 0.364 bits per heavy atom. The van der Waals surface area contributed by atoms with Crippen molar-refractivity contribution in [3.8, 4) is 33.6 Å². The average molecular weight is 893 g/mol. The molecule has 0 atom stereocenters. The first-order valence-electron chi connectivity index (χ1n) is 22.7. The first-order valence-corrected chi connectivity index (χ1v) is 24.3. The standard InChI is InChI=1S/C60H42F2N2S2/c1-33(2)51-53(35-21-25-37(61)26-22-35)58(64-48-18-10-6-14-40(48)44-30-32-46-42-16-8-12-20-50(42)66-60(46)56(44)64)54(36-23-27-38(62)28-24-36)52(34(3)4)57(51)63-47-17-9-5-13-39(47)43-29-31-45-41-15-7-11-19-49(41)65-59(45)55(43)63/h5-34H,1-4H3. The number of aromatic nitrogens is 2. The molecule has 2 nitrogen and oxygen atoms in total. The molecule has 0 saturated carbocycles. The fourth-order valence-electron chi connectivity index (χ4n) is 11.1. The average Bonchev–Trinajstić information content (AvgIpc) is 4.09. The van der Waals surface area contributed by atoms with Gasteiger partial charge < -0.3 is 9.13 Å². The third-order valence-corrected chi connectivity index (χ3v) is 16.1. The highest BCUT2D eigenvalue weighted by Crippen LogP contribution is 2.54. The van der Waals surface area contributed by atoms with Crippen LogP contribution in [-0.2, 0) is 0 Å². The van der Waals surface area contributed by atoms with Crippen molar-refractivity contribution in [1.29, 1.82) is 0 Å². The number of para-hydroxylation sites is 2. The topological polar surface area (TPSA) is 9.86 Å². The normalized spacial score (nSPS) is 12.4. The van der Waals surface area contributed by atoms with Crippen molar-refractivity contribution >= 4 is 107 Å². The van der Waals surface area contributed by atoms with E-state index in [-0.39, 0.29) is 23.5 Å². The van der Waals surface area contributed by atoms with Gasteiger partial charge in [0.05, 0.1) is 42.8 Å². The van der Waals surface area contributed by atoms with E-state index in [2.05, 4.69) is 158 Å². The van der Waals surface area contributed by atoms with E-state index in [1.807, 2.05) is 46.9 Å². The third kappa shape index (κ3) is 5.55. The van der Waals surface area contributed by atoms with E-state index in [0.717, 1.165) is 61.0 Å². The van der Waals surface area contributed by atoms with Crippen LogP contribution in [0.3, 0.4) is 0 Å². The molecule has 0 fully saturated rings. The van der Waals surface area contributed by atoms with Crippen molar-refractivity contribution in [1.82, 2.24) is 9.13 Å². The molecule has 0 aliphatic rings. The predicted molar refractivity (Wildman–Crippen MR) is 280 cm³/mol. The molecule has 0 bridgehead atoms. The monoisotopic (exact) mass is 892 g/mol. The molecule has 0 N–H and O–H groups in total. The Balaban J connectivity index is 1.34. The third-order valence-electron chi connectivity index (χ3n) is 13.7. The smallest absolute Gasteiger partial charge is 0.123 e. The molecule has 0 unspecified atom stereocenters. The second-order valence-corrected chi connectivity index (χ2v) is 20.3. The van der Waals surface area contributed by atoms with Gasteiger partial charge in [0.15, 0.2) is 0 Å². The van der Waals surface area contributed by atoms with Gasteiger partial charge >= 0.3 is 0 Å². The van der Waals surface area contributed by atoms with Crippen molar-refractivity contribution in [3.05, 3.63) is 193 Å². The van der Waals surface area contributed by atoms with Gasteiger partial charge in [-0.3, -0.25) is 0 Å². The summed E-state index contributed by atoms with van der Waals surface area (Å²) in [6.07, 6.45) is 0. The molecule has 0 aliphatic carbocycles. The van der Waals surface area contributed by atoms with E-state index in [9.17, 15) is 0 Å². The molecular formula is C60H42F2N2S2. The molecule has 4 heterocycles. The van der Waals surface area contributed by atoms with Crippen LogP contribution in [0.25, 0.3) is 118 Å². The number of rotatable bonds is 6. The van der Waals surface area contributed by atoms with Gasteiger partial charge in [-0.15, -0.1) is 22.7 Å². The molecular weight excluding hydrogens is 851 g/mol. The molecule has 0 radical (unpaired) electrons. The van der Waals surface area contributed by atoms with Crippen LogP contribution in [0.1, 0.15) is 50.7 Å². The molecule has 0 amide bonds. The molecule has 6 heteroatoms. The van der Waals surface area contributed by atoms with E-state index >= 15 is 8.78 Å². The van der Waals surface area contributed by atoms with Gasteiger partial charge in [-0.25, -0.2) is 8.78 Å². The zero-order valence-corrected chi connectivity index (χ0v) is 38.4. The Morgan fingerprint density at radius 2 is 0.727 bits per heavy atom. The van der Waals surface area contributed by atoms with Crippen molar-refractivity contribution in [2.75, 3.05) is 0 Å². The predicted octanol–water partition coefficient (Wildman–Crippen LogP) is 18.5. The van der Waals surface area contributed by atoms with Gasteiger partial charge in [0.2, 0.25) is 0 Å². The Morgan fingerprint density at radius 3 is 1.15 bits per heavy atom. The highest BCUT2D eigenvalue weighted by atomic mass is 32.1. The number of halogens is 2. The summed E-state index contributed by atoms with van der Waals surface area (Å²) in [6.45, 7) is 9.21. The summed E-state index contributed by atoms with van der Waals surface area (Å²) < 4.78 is 40.6. The minimum absolute atomic E-state index is 0.00571. The fourth-order valence-corrected chi connectivity index (χ4v) is 13.6. The maximum absolute atomic E-state index is 15.3. The zero-order valence-electron chi connectivity index (χ0n) is 36.8. The lowest BCUT2D eigenvalue weighted by molar-refractivity contribution is 0.627. The van der Waals surface area contributed by atoms with Crippen LogP contribution < -0.4 is 0 Å². The lowest BCUT2D eigenvalue weighted by atomic mass is 9.79. The number of hydrogen-bond acceptors (Lipinski definition) is 2. The van der Waals surface area contributed by atoms with Gasteiger partial charge in [-0.2, -0.15) is 0 Å². The van der Waals surface area contributed by atoms with Crippen LogP contribution in [0.2, 0.25) is 0 Å². The van der Waals surface area contributed by atoms with Crippen LogP contribution in [0.15, 0.2) is 170 Å². The minimum atomic E-state index is -0.289. The van der Waals surface area contributed by atoms with Crippen LogP contribution in [0.5, 0.6) is 0 Å². The SMILES string of the molecule is CC(C)c1c(-c2ccc(F)cc2)c(-n2c3ccccc3c3ccc4c5ccccc5sc4c32)c(-c2ccc(F)cc2)c(C(C)C)c1-n1c2ccccc2c2ccc3c4ccccc4sc3c21. The summed E-state index contributed by atoms with van der Waals surface area (Å²) in [4.78, 5) is 0. The Kier molecular flexibility index (Phi) is 8.74. The molecule has 13 aromatic rings. The molecule has 4 aromatic heterocycles. The number of hydrogen-bond donors (Lipinski definition) is 0. The zero-order chi connectivity index (χ0) is 44.5. The second-order valence-electron chi connectivity index (χ2n) is 18.2. The van der Waals surface area contributed by atoms with Crippen molar-refractivity contribution in [2.24, 2.45) is 0 Å². The van der Waals surface area contributed by atoms with E-state index in [4.69, 9.17) is 0 Å². The first-order chi connectivity index (χ1) is 32.3. The van der Waals surface area contributed by atoms with Crippen LogP contribution in [-0.4, -0.2) is 9.13 Å². The maximum atomic E-state index is 15.3. The summed E-state index contributed by atoms with van der Waals surface area (Å²) in [6, 6.07) is 58.3. The van der Waals surface area contributed by atoms with E-state index in [1.165, 1.54) is 67.8 Å². The quantitative estimate of drug-likeness (QED) is 0.157. The fraction of sp³-hybridized carbons (Fsp3) is 0.100. The first kappa shape index (κ1) is 39.3. The highest BCUT2D eigenvalue weighted by molar-refractivity contribution is 7.27. The van der Waals surface area contributed by atoms with E-state index < -0.39 is 0 Å². The van der Waals surface area contributed by atoms with Crippen LogP contribution >= 0.6 is 22.7 Å². The molecule has 0 saturated heterocycles. The summed E-state index contributed by atoms with van der Waals surface area (Å²) >= 11 is 3.67. The van der Waals surface area contributed by atoms with Gasteiger partial charge in [0, 0.05) is 63.6 Å².